The van der Waals surface area contributed by atoms with E-state index in [9.17, 15) is 4.79 Å². The first-order valence-electron chi connectivity index (χ1n) is 8.47. The van der Waals surface area contributed by atoms with Gasteiger partial charge in [0.2, 0.25) is 0 Å². The summed E-state index contributed by atoms with van der Waals surface area (Å²) in [6, 6.07) is 10.5. The SMILES string of the molecule is CC(=O)O[C@@H]1[C@H]2OC(C)(C)O[C@H]2C=C[C@@H]1[Si](C)(C)c1ccccc1. The van der Waals surface area contributed by atoms with Crippen molar-refractivity contribution in [1.29, 1.82) is 0 Å². The maximum absolute atomic E-state index is 11.7. The highest BCUT2D eigenvalue weighted by Gasteiger charge is 2.53. The minimum Gasteiger partial charge on any atom is -0.459 e. The summed E-state index contributed by atoms with van der Waals surface area (Å²) in [5.41, 5.74) is 0.141. The molecule has 1 fully saturated rings. The van der Waals surface area contributed by atoms with E-state index in [2.05, 4.69) is 49.5 Å². The van der Waals surface area contributed by atoms with Crippen LogP contribution >= 0.6 is 0 Å². The third kappa shape index (κ3) is 3.21. The molecular formula is C19H26O4Si. The molecule has 0 bridgehead atoms. The summed E-state index contributed by atoms with van der Waals surface area (Å²) >= 11 is 0. The second-order valence-electron chi connectivity index (χ2n) is 7.64. The summed E-state index contributed by atoms with van der Waals surface area (Å²) in [5, 5.41) is 1.34. The van der Waals surface area contributed by atoms with Gasteiger partial charge < -0.3 is 14.2 Å². The minimum atomic E-state index is -1.91. The fourth-order valence-corrected chi connectivity index (χ4v) is 6.91. The molecule has 0 saturated carbocycles. The number of carbonyl (C=O) groups excluding carboxylic acids is 1. The predicted molar refractivity (Wildman–Crippen MR) is 95.8 cm³/mol. The van der Waals surface area contributed by atoms with E-state index >= 15 is 0 Å². The van der Waals surface area contributed by atoms with Gasteiger partial charge in [-0.3, -0.25) is 4.79 Å². The Labute approximate surface area is 144 Å². The molecule has 1 saturated heterocycles. The fraction of sp³-hybridized carbons (Fsp3) is 0.526. The summed E-state index contributed by atoms with van der Waals surface area (Å²) in [5.74, 6) is -0.934. The molecular weight excluding hydrogens is 320 g/mol. The predicted octanol–water partition coefficient (Wildman–Crippen LogP) is 2.99. The van der Waals surface area contributed by atoms with Crippen LogP contribution in [0, 0.1) is 0 Å². The van der Waals surface area contributed by atoms with Crippen molar-refractivity contribution in [3.8, 4) is 0 Å². The lowest BCUT2D eigenvalue weighted by atomic mass is 9.98. The smallest absolute Gasteiger partial charge is 0.303 e. The van der Waals surface area contributed by atoms with Gasteiger partial charge in [0.1, 0.15) is 18.3 Å². The second-order valence-corrected chi connectivity index (χ2v) is 12.3. The first-order valence-corrected chi connectivity index (χ1v) is 11.6. The van der Waals surface area contributed by atoms with Gasteiger partial charge in [-0.25, -0.2) is 0 Å². The van der Waals surface area contributed by atoms with Crippen LogP contribution in [0.1, 0.15) is 20.8 Å². The molecule has 1 aromatic carbocycles. The molecule has 3 rings (SSSR count). The Kier molecular flexibility index (Phi) is 4.44. The normalized spacial score (nSPS) is 31.5. The first-order chi connectivity index (χ1) is 11.2. The monoisotopic (exact) mass is 346 g/mol. The van der Waals surface area contributed by atoms with E-state index in [1.165, 1.54) is 12.1 Å². The summed E-state index contributed by atoms with van der Waals surface area (Å²) in [6.45, 7) is 9.89. The highest BCUT2D eigenvalue weighted by atomic mass is 28.3. The largest absolute Gasteiger partial charge is 0.459 e. The van der Waals surface area contributed by atoms with Crippen LogP contribution in [0.3, 0.4) is 0 Å². The molecule has 24 heavy (non-hydrogen) atoms. The van der Waals surface area contributed by atoms with Crippen LogP contribution in [-0.2, 0) is 19.0 Å². The van der Waals surface area contributed by atoms with Crippen molar-refractivity contribution in [2.45, 2.75) is 63.5 Å². The van der Waals surface area contributed by atoms with E-state index in [1.54, 1.807) is 0 Å². The van der Waals surface area contributed by atoms with Gasteiger partial charge in [-0.05, 0) is 13.8 Å². The van der Waals surface area contributed by atoms with Crippen molar-refractivity contribution in [3.05, 3.63) is 42.5 Å². The van der Waals surface area contributed by atoms with Gasteiger partial charge in [0.05, 0.1) is 8.07 Å². The van der Waals surface area contributed by atoms with E-state index in [4.69, 9.17) is 14.2 Å². The Morgan fingerprint density at radius 3 is 2.42 bits per heavy atom. The number of ether oxygens (including phenoxy) is 3. The Bertz CT molecular complexity index is 638. The molecule has 0 unspecified atom stereocenters. The maximum atomic E-state index is 11.7. The van der Waals surface area contributed by atoms with Gasteiger partial charge in [0, 0.05) is 12.5 Å². The molecule has 0 radical (unpaired) electrons. The maximum Gasteiger partial charge on any atom is 0.303 e. The lowest BCUT2D eigenvalue weighted by Crippen LogP contribution is -2.55. The standard InChI is InChI=1S/C19H26O4Si/c1-13(20)21-18-16(24(4,5)14-9-7-6-8-10-14)12-11-15-17(18)23-19(2,3)22-15/h6-12,15-18H,1-5H3/t15-,16-,17-,18-/m0/s1. The molecule has 1 aliphatic heterocycles. The average Bonchev–Trinajstić information content (AvgIpc) is 2.82. The molecule has 1 aromatic rings. The van der Waals surface area contributed by atoms with Crippen molar-refractivity contribution >= 4 is 19.2 Å². The van der Waals surface area contributed by atoms with Gasteiger partial charge in [-0.1, -0.05) is 60.8 Å². The number of fused-ring (bicyclic) bond motifs is 1. The molecule has 1 aliphatic carbocycles. The van der Waals surface area contributed by atoms with Crippen LogP contribution < -0.4 is 5.19 Å². The van der Waals surface area contributed by atoms with Crippen molar-refractivity contribution < 1.29 is 19.0 Å². The lowest BCUT2D eigenvalue weighted by Gasteiger charge is -2.41. The van der Waals surface area contributed by atoms with E-state index in [0.29, 0.717) is 0 Å². The molecule has 4 nitrogen and oxygen atoms in total. The molecule has 130 valence electrons. The van der Waals surface area contributed by atoms with E-state index in [1.807, 2.05) is 19.9 Å². The summed E-state index contributed by atoms with van der Waals surface area (Å²) in [4.78, 5) is 11.7. The summed E-state index contributed by atoms with van der Waals surface area (Å²) in [7, 11) is -1.91. The van der Waals surface area contributed by atoms with Gasteiger partial charge in [0.25, 0.3) is 0 Å². The number of carbonyl (C=O) groups is 1. The van der Waals surface area contributed by atoms with Crippen molar-refractivity contribution in [3.63, 3.8) is 0 Å². The number of hydrogen-bond acceptors (Lipinski definition) is 4. The topological polar surface area (TPSA) is 44.8 Å². The highest BCUT2D eigenvalue weighted by Crippen LogP contribution is 2.42. The third-order valence-electron chi connectivity index (χ3n) is 5.00. The zero-order valence-electron chi connectivity index (χ0n) is 15.0. The van der Waals surface area contributed by atoms with Gasteiger partial charge in [0.15, 0.2) is 5.79 Å². The molecule has 0 aromatic heterocycles. The Morgan fingerprint density at radius 2 is 1.79 bits per heavy atom. The van der Waals surface area contributed by atoms with Gasteiger partial charge >= 0.3 is 5.97 Å². The zero-order chi connectivity index (χ0) is 17.5. The number of benzene rings is 1. The van der Waals surface area contributed by atoms with E-state index in [-0.39, 0.29) is 29.8 Å². The number of hydrogen-bond donors (Lipinski definition) is 0. The van der Waals surface area contributed by atoms with Gasteiger partial charge in [-0.15, -0.1) is 0 Å². The summed E-state index contributed by atoms with van der Waals surface area (Å²) < 4.78 is 17.8. The lowest BCUT2D eigenvalue weighted by molar-refractivity contribution is -0.168. The van der Waals surface area contributed by atoms with Crippen LogP contribution in [0.4, 0.5) is 0 Å². The Balaban J connectivity index is 1.97. The molecule has 4 atom stereocenters. The quantitative estimate of drug-likeness (QED) is 0.479. The Morgan fingerprint density at radius 1 is 1.12 bits per heavy atom. The number of esters is 1. The highest BCUT2D eigenvalue weighted by molar-refractivity contribution is 6.91. The van der Waals surface area contributed by atoms with Crippen LogP contribution in [0.15, 0.2) is 42.5 Å². The van der Waals surface area contributed by atoms with Crippen molar-refractivity contribution in [2.24, 2.45) is 0 Å². The number of rotatable bonds is 3. The molecule has 0 N–H and O–H groups in total. The van der Waals surface area contributed by atoms with E-state index in [0.717, 1.165) is 0 Å². The van der Waals surface area contributed by atoms with Crippen molar-refractivity contribution in [1.82, 2.24) is 0 Å². The average molecular weight is 346 g/mol. The van der Waals surface area contributed by atoms with Crippen LogP contribution in [0.25, 0.3) is 0 Å². The molecule has 2 aliphatic rings. The van der Waals surface area contributed by atoms with Gasteiger partial charge in [-0.2, -0.15) is 0 Å². The minimum absolute atomic E-state index is 0.141. The molecule has 5 heteroatoms. The Hall–Kier alpha value is -1.43. The van der Waals surface area contributed by atoms with Crippen LogP contribution in [0.2, 0.25) is 18.6 Å². The molecule has 0 amide bonds. The zero-order valence-corrected chi connectivity index (χ0v) is 16.0. The second kappa shape index (κ2) is 6.13. The fourth-order valence-electron chi connectivity index (χ4n) is 3.81. The summed E-state index contributed by atoms with van der Waals surface area (Å²) in [6.07, 6.45) is 3.53. The molecule has 1 heterocycles. The first kappa shape index (κ1) is 17.4. The van der Waals surface area contributed by atoms with Crippen LogP contribution in [-0.4, -0.2) is 38.1 Å². The van der Waals surface area contributed by atoms with Crippen LogP contribution in [0.5, 0.6) is 0 Å². The van der Waals surface area contributed by atoms with E-state index < -0.39 is 13.9 Å². The van der Waals surface area contributed by atoms with Crippen molar-refractivity contribution in [2.75, 3.05) is 0 Å². The third-order valence-corrected chi connectivity index (χ3v) is 9.01. The molecule has 0 spiro atoms.